The summed E-state index contributed by atoms with van der Waals surface area (Å²) in [6.07, 6.45) is 3.78. The van der Waals surface area contributed by atoms with E-state index in [4.69, 9.17) is 5.73 Å². The van der Waals surface area contributed by atoms with E-state index in [1.807, 2.05) is 19.1 Å². The van der Waals surface area contributed by atoms with Crippen LogP contribution in [0, 0.1) is 12.8 Å². The van der Waals surface area contributed by atoms with E-state index in [1.165, 1.54) is 0 Å². The van der Waals surface area contributed by atoms with Crippen molar-refractivity contribution in [3.8, 4) is 0 Å². The van der Waals surface area contributed by atoms with Gasteiger partial charge < -0.3 is 5.73 Å². The second-order valence-corrected chi connectivity index (χ2v) is 7.41. The van der Waals surface area contributed by atoms with Crippen molar-refractivity contribution in [2.24, 2.45) is 11.7 Å². The Morgan fingerprint density at radius 2 is 1.67 bits per heavy atom. The molecule has 18 heavy (non-hydrogen) atoms. The highest BCUT2D eigenvalue weighted by Crippen LogP contribution is 2.26. The average molecular weight is 267 g/mol. The molecule has 1 saturated carbocycles. The first-order valence-electron chi connectivity index (χ1n) is 6.52. The van der Waals surface area contributed by atoms with Gasteiger partial charge in [0.15, 0.2) is 9.84 Å². The molecule has 3 nitrogen and oxygen atoms in total. The number of aryl methyl sites for hydroxylation is 1. The molecule has 0 spiro atoms. The Labute approximate surface area is 109 Å². The van der Waals surface area contributed by atoms with Crippen molar-refractivity contribution >= 4 is 9.84 Å². The van der Waals surface area contributed by atoms with Gasteiger partial charge in [0.25, 0.3) is 0 Å². The lowest BCUT2D eigenvalue weighted by molar-refractivity contribution is 0.348. The number of rotatable bonds is 3. The smallest absolute Gasteiger partial charge is 0.178 e. The Morgan fingerprint density at radius 1 is 1.11 bits per heavy atom. The molecule has 4 heteroatoms. The first-order chi connectivity index (χ1) is 8.47. The van der Waals surface area contributed by atoms with Crippen molar-refractivity contribution < 1.29 is 8.42 Å². The Kier molecular flexibility index (Phi) is 4.07. The lowest BCUT2D eigenvalue weighted by atomic mass is 9.88. The van der Waals surface area contributed by atoms with Crippen molar-refractivity contribution in [2.45, 2.75) is 43.5 Å². The number of nitrogens with two attached hydrogens (primary N) is 1. The molecule has 1 aromatic rings. The van der Waals surface area contributed by atoms with Crippen LogP contribution in [-0.2, 0) is 9.84 Å². The van der Waals surface area contributed by atoms with E-state index in [1.54, 1.807) is 12.1 Å². The van der Waals surface area contributed by atoms with Gasteiger partial charge in [0.05, 0.1) is 10.6 Å². The molecule has 0 unspecified atom stereocenters. The fourth-order valence-electron chi connectivity index (χ4n) is 2.51. The van der Waals surface area contributed by atoms with Crippen LogP contribution in [0.15, 0.2) is 29.2 Å². The molecule has 2 N–H and O–H groups in total. The van der Waals surface area contributed by atoms with E-state index in [2.05, 4.69) is 0 Å². The van der Waals surface area contributed by atoms with Crippen LogP contribution in [-0.4, -0.2) is 20.2 Å². The third-order valence-electron chi connectivity index (χ3n) is 3.73. The zero-order chi connectivity index (χ0) is 13.2. The molecule has 0 radical (unpaired) electrons. The minimum absolute atomic E-state index is 0.267. The van der Waals surface area contributed by atoms with Gasteiger partial charge in [-0.25, -0.2) is 8.42 Å². The molecule has 0 bridgehead atoms. The van der Waals surface area contributed by atoms with Crippen LogP contribution in [0.1, 0.15) is 31.2 Å². The number of hydrogen-bond acceptors (Lipinski definition) is 3. The molecule has 1 fully saturated rings. The van der Waals surface area contributed by atoms with Crippen molar-refractivity contribution in [3.05, 3.63) is 29.8 Å². The quantitative estimate of drug-likeness (QED) is 0.914. The summed E-state index contributed by atoms with van der Waals surface area (Å²) in [5.41, 5.74) is 6.92. The number of hydrogen-bond donors (Lipinski definition) is 1. The van der Waals surface area contributed by atoms with Crippen LogP contribution in [0.4, 0.5) is 0 Å². The maximum Gasteiger partial charge on any atom is 0.178 e. The minimum Gasteiger partial charge on any atom is -0.328 e. The Morgan fingerprint density at radius 3 is 2.22 bits per heavy atom. The topological polar surface area (TPSA) is 60.2 Å². The summed E-state index contributed by atoms with van der Waals surface area (Å²) in [5, 5.41) is 0. The largest absolute Gasteiger partial charge is 0.328 e. The SMILES string of the molecule is Cc1ccc(S(=O)(=O)CC2CCC(N)CC2)cc1. The lowest BCUT2D eigenvalue weighted by Crippen LogP contribution is -2.29. The third kappa shape index (κ3) is 3.33. The lowest BCUT2D eigenvalue weighted by Gasteiger charge is -2.25. The molecule has 100 valence electrons. The van der Waals surface area contributed by atoms with Gasteiger partial charge in [0, 0.05) is 6.04 Å². The maximum atomic E-state index is 12.3. The van der Waals surface area contributed by atoms with Crippen LogP contribution in [0.5, 0.6) is 0 Å². The number of sulfone groups is 1. The summed E-state index contributed by atoms with van der Waals surface area (Å²) < 4.78 is 24.5. The molecule has 2 rings (SSSR count). The van der Waals surface area contributed by atoms with E-state index < -0.39 is 9.84 Å². The Balaban J connectivity index is 2.05. The van der Waals surface area contributed by atoms with E-state index in [9.17, 15) is 8.42 Å². The molecule has 0 aromatic heterocycles. The Hall–Kier alpha value is -0.870. The van der Waals surface area contributed by atoms with Crippen LogP contribution in [0.3, 0.4) is 0 Å². The van der Waals surface area contributed by atoms with Gasteiger partial charge in [-0.1, -0.05) is 17.7 Å². The van der Waals surface area contributed by atoms with Gasteiger partial charge in [-0.3, -0.25) is 0 Å². The molecular weight excluding hydrogens is 246 g/mol. The molecule has 1 aliphatic rings. The van der Waals surface area contributed by atoms with Crippen LogP contribution in [0.2, 0.25) is 0 Å². The third-order valence-corrected chi connectivity index (χ3v) is 5.63. The van der Waals surface area contributed by atoms with Gasteiger partial charge in [0.2, 0.25) is 0 Å². The highest BCUT2D eigenvalue weighted by Gasteiger charge is 2.25. The van der Waals surface area contributed by atoms with Gasteiger partial charge in [-0.2, -0.15) is 0 Å². The summed E-state index contributed by atoms with van der Waals surface area (Å²) in [4.78, 5) is 0.447. The molecule has 0 amide bonds. The van der Waals surface area contributed by atoms with E-state index in [0.717, 1.165) is 31.2 Å². The minimum atomic E-state index is -3.13. The van der Waals surface area contributed by atoms with E-state index in [0.29, 0.717) is 4.90 Å². The standard InChI is InChI=1S/C14H21NO2S/c1-11-2-8-14(9-3-11)18(16,17)10-12-4-6-13(15)7-5-12/h2-3,8-9,12-13H,4-7,10,15H2,1H3. The predicted octanol–water partition coefficient (Wildman–Crippen LogP) is 2.29. The molecule has 0 heterocycles. The second kappa shape index (κ2) is 5.41. The summed E-state index contributed by atoms with van der Waals surface area (Å²) in [7, 11) is -3.13. The molecule has 1 aromatic carbocycles. The van der Waals surface area contributed by atoms with Gasteiger partial charge in [-0.05, 0) is 50.7 Å². The molecule has 0 aliphatic heterocycles. The predicted molar refractivity (Wildman–Crippen MR) is 73.2 cm³/mol. The molecule has 0 atom stereocenters. The maximum absolute atomic E-state index is 12.3. The molecular formula is C14H21NO2S. The summed E-state index contributed by atoms with van der Waals surface area (Å²) in [5.74, 6) is 0.541. The Bertz CT molecular complexity index is 485. The second-order valence-electron chi connectivity index (χ2n) is 5.38. The molecule has 0 saturated heterocycles. The van der Waals surface area contributed by atoms with Crippen molar-refractivity contribution in [3.63, 3.8) is 0 Å². The van der Waals surface area contributed by atoms with Crippen molar-refractivity contribution in [1.82, 2.24) is 0 Å². The monoisotopic (exact) mass is 267 g/mol. The van der Waals surface area contributed by atoms with Gasteiger partial charge >= 0.3 is 0 Å². The van der Waals surface area contributed by atoms with Crippen molar-refractivity contribution in [1.29, 1.82) is 0 Å². The summed E-state index contributed by atoms with van der Waals surface area (Å²) in [6.45, 7) is 1.96. The van der Waals surface area contributed by atoms with Crippen LogP contribution in [0.25, 0.3) is 0 Å². The number of benzene rings is 1. The summed E-state index contributed by atoms with van der Waals surface area (Å²) >= 11 is 0. The first kappa shape index (κ1) is 13.6. The molecule has 1 aliphatic carbocycles. The van der Waals surface area contributed by atoms with Crippen LogP contribution >= 0.6 is 0 Å². The first-order valence-corrected chi connectivity index (χ1v) is 8.17. The van der Waals surface area contributed by atoms with Gasteiger partial charge in [0.1, 0.15) is 0 Å². The highest BCUT2D eigenvalue weighted by atomic mass is 32.2. The highest BCUT2D eigenvalue weighted by molar-refractivity contribution is 7.91. The normalized spacial score (nSPS) is 25.0. The fraction of sp³-hybridized carbons (Fsp3) is 0.571. The van der Waals surface area contributed by atoms with Gasteiger partial charge in [-0.15, -0.1) is 0 Å². The van der Waals surface area contributed by atoms with E-state index in [-0.39, 0.29) is 17.7 Å². The van der Waals surface area contributed by atoms with Crippen LogP contribution < -0.4 is 5.73 Å². The summed E-state index contributed by atoms with van der Waals surface area (Å²) in [6, 6.07) is 7.38. The zero-order valence-corrected chi connectivity index (χ0v) is 11.6. The average Bonchev–Trinajstić information content (AvgIpc) is 2.32. The fourth-order valence-corrected chi connectivity index (χ4v) is 4.20. The van der Waals surface area contributed by atoms with Crippen molar-refractivity contribution in [2.75, 3.05) is 5.75 Å². The van der Waals surface area contributed by atoms with E-state index >= 15 is 0 Å². The zero-order valence-electron chi connectivity index (χ0n) is 10.8.